The molecule has 1 atom stereocenters. The molecule has 8 nitrogen and oxygen atoms in total. The summed E-state index contributed by atoms with van der Waals surface area (Å²) in [6, 6.07) is 6.07. The zero-order valence-electron chi connectivity index (χ0n) is 11.4. The Morgan fingerprint density at radius 3 is 3.00 bits per heavy atom. The Bertz CT molecular complexity index is 575. The quantitative estimate of drug-likeness (QED) is 0.484. The minimum absolute atomic E-state index is 0.0402. The van der Waals surface area contributed by atoms with E-state index in [1.165, 1.54) is 24.1 Å². The molecule has 1 saturated heterocycles. The lowest BCUT2D eigenvalue weighted by atomic mass is 10.1. The standard InChI is InChI=1S/C13H15N3O5/c1-21-12(18)5-6-15-11(17)8-14-13(15)9-3-2-4-10(7-9)16(19)20/h2-4,7,13-14H,5-6,8H2,1H3. The number of hydrogen-bond donors (Lipinski definition) is 1. The van der Waals surface area contributed by atoms with Gasteiger partial charge < -0.3 is 9.64 Å². The van der Waals surface area contributed by atoms with Crippen molar-refractivity contribution < 1.29 is 19.2 Å². The third-order valence-electron chi connectivity index (χ3n) is 3.26. The average molecular weight is 293 g/mol. The first-order valence-electron chi connectivity index (χ1n) is 6.37. The summed E-state index contributed by atoms with van der Waals surface area (Å²) in [5, 5.41) is 13.8. The monoisotopic (exact) mass is 293 g/mol. The van der Waals surface area contributed by atoms with Crippen molar-refractivity contribution in [2.75, 3.05) is 20.2 Å². The Labute approximate surface area is 120 Å². The largest absolute Gasteiger partial charge is 0.469 e. The van der Waals surface area contributed by atoms with Crippen molar-refractivity contribution in [1.29, 1.82) is 0 Å². The molecule has 1 heterocycles. The summed E-state index contributed by atoms with van der Waals surface area (Å²) in [6.07, 6.45) is -0.392. The molecule has 1 aromatic rings. The topological polar surface area (TPSA) is 102 Å². The third kappa shape index (κ3) is 3.34. The number of ether oxygens (including phenoxy) is 1. The second-order valence-corrected chi connectivity index (χ2v) is 4.55. The maximum absolute atomic E-state index is 11.9. The van der Waals surface area contributed by atoms with Gasteiger partial charge in [0.1, 0.15) is 6.17 Å². The van der Waals surface area contributed by atoms with E-state index in [1.807, 2.05) is 0 Å². The van der Waals surface area contributed by atoms with E-state index in [-0.39, 0.29) is 31.1 Å². The van der Waals surface area contributed by atoms with Gasteiger partial charge in [0.15, 0.2) is 0 Å². The SMILES string of the molecule is COC(=O)CCN1C(=O)CNC1c1cccc([N+](=O)[O-])c1. The van der Waals surface area contributed by atoms with Gasteiger partial charge in [0.25, 0.3) is 5.69 Å². The number of carbonyl (C=O) groups is 2. The number of nitro groups is 1. The fourth-order valence-electron chi connectivity index (χ4n) is 2.21. The van der Waals surface area contributed by atoms with Gasteiger partial charge in [-0.25, -0.2) is 0 Å². The fourth-order valence-corrected chi connectivity index (χ4v) is 2.21. The normalized spacial score (nSPS) is 17.9. The van der Waals surface area contributed by atoms with Crippen molar-refractivity contribution in [3.05, 3.63) is 39.9 Å². The van der Waals surface area contributed by atoms with Crippen molar-refractivity contribution in [2.45, 2.75) is 12.6 Å². The summed E-state index contributed by atoms with van der Waals surface area (Å²) in [4.78, 5) is 34.9. The third-order valence-corrected chi connectivity index (χ3v) is 3.26. The van der Waals surface area contributed by atoms with E-state index in [2.05, 4.69) is 10.1 Å². The molecule has 0 aliphatic carbocycles. The number of hydrogen-bond acceptors (Lipinski definition) is 6. The van der Waals surface area contributed by atoms with Gasteiger partial charge in [-0.2, -0.15) is 0 Å². The molecule has 0 bridgehead atoms. The maximum atomic E-state index is 11.9. The number of rotatable bonds is 5. The number of nitro benzene ring substituents is 1. The number of methoxy groups -OCH3 is 1. The van der Waals surface area contributed by atoms with Crippen LogP contribution in [0.15, 0.2) is 24.3 Å². The molecule has 0 spiro atoms. The molecule has 8 heteroatoms. The number of nitrogens with zero attached hydrogens (tertiary/aromatic N) is 2. The summed E-state index contributed by atoms with van der Waals surface area (Å²) in [5.74, 6) is -0.567. The van der Waals surface area contributed by atoms with Crippen LogP contribution in [0.4, 0.5) is 5.69 Å². The zero-order chi connectivity index (χ0) is 15.4. The van der Waals surface area contributed by atoms with Crippen LogP contribution in [-0.4, -0.2) is 41.9 Å². The molecular formula is C13H15N3O5. The molecule has 0 radical (unpaired) electrons. The van der Waals surface area contributed by atoms with Crippen LogP contribution in [-0.2, 0) is 14.3 Å². The molecule has 1 N–H and O–H groups in total. The molecule has 1 amide bonds. The van der Waals surface area contributed by atoms with Crippen molar-refractivity contribution in [2.24, 2.45) is 0 Å². The van der Waals surface area contributed by atoms with Crippen molar-refractivity contribution in [1.82, 2.24) is 10.2 Å². The van der Waals surface area contributed by atoms with Crippen LogP contribution in [0.5, 0.6) is 0 Å². The van der Waals surface area contributed by atoms with Crippen LogP contribution < -0.4 is 5.32 Å². The van der Waals surface area contributed by atoms with Gasteiger partial charge in [-0.05, 0) is 5.56 Å². The van der Waals surface area contributed by atoms with E-state index in [9.17, 15) is 19.7 Å². The molecule has 1 unspecified atom stereocenters. The Hall–Kier alpha value is -2.48. The highest BCUT2D eigenvalue weighted by Crippen LogP contribution is 2.25. The Balaban J connectivity index is 2.17. The molecule has 2 rings (SSSR count). The first kappa shape index (κ1) is 14.9. The number of carbonyl (C=O) groups excluding carboxylic acids is 2. The molecule has 1 fully saturated rings. The summed E-state index contributed by atoms with van der Waals surface area (Å²) in [6.45, 7) is 0.334. The highest BCUT2D eigenvalue weighted by molar-refractivity contribution is 5.81. The molecule has 0 saturated carbocycles. The van der Waals surface area contributed by atoms with Gasteiger partial charge in [0.05, 0.1) is 25.0 Å². The summed E-state index contributed by atoms with van der Waals surface area (Å²) >= 11 is 0. The van der Waals surface area contributed by atoms with E-state index in [0.29, 0.717) is 5.56 Å². The summed E-state index contributed by atoms with van der Waals surface area (Å²) in [5.41, 5.74) is 0.571. The minimum Gasteiger partial charge on any atom is -0.469 e. The Morgan fingerprint density at radius 1 is 1.57 bits per heavy atom. The van der Waals surface area contributed by atoms with Crippen LogP contribution in [0.1, 0.15) is 18.2 Å². The highest BCUT2D eigenvalue weighted by atomic mass is 16.6. The first-order valence-corrected chi connectivity index (χ1v) is 6.37. The van der Waals surface area contributed by atoms with E-state index >= 15 is 0 Å². The van der Waals surface area contributed by atoms with Crippen LogP contribution in [0.25, 0.3) is 0 Å². The second-order valence-electron chi connectivity index (χ2n) is 4.55. The first-order chi connectivity index (χ1) is 10.0. The van der Waals surface area contributed by atoms with Crippen molar-refractivity contribution in [3.63, 3.8) is 0 Å². The number of amides is 1. The van der Waals surface area contributed by atoms with Crippen LogP contribution in [0.3, 0.4) is 0 Å². The predicted octanol–water partition coefficient (Wildman–Crippen LogP) is 0.588. The van der Waals surface area contributed by atoms with E-state index in [0.717, 1.165) is 0 Å². The minimum atomic E-state index is -0.487. The molecule has 1 aliphatic heterocycles. The summed E-state index contributed by atoms with van der Waals surface area (Å²) < 4.78 is 4.55. The number of non-ortho nitro benzene ring substituents is 1. The summed E-state index contributed by atoms with van der Waals surface area (Å²) in [7, 11) is 1.28. The van der Waals surface area contributed by atoms with Crippen molar-refractivity contribution >= 4 is 17.6 Å². The fraction of sp³-hybridized carbons (Fsp3) is 0.385. The van der Waals surface area contributed by atoms with Gasteiger partial charge in [-0.15, -0.1) is 0 Å². The highest BCUT2D eigenvalue weighted by Gasteiger charge is 2.32. The average Bonchev–Trinajstić information content (AvgIpc) is 2.85. The number of esters is 1. The smallest absolute Gasteiger partial charge is 0.307 e. The lowest BCUT2D eigenvalue weighted by Gasteiger charge is -2.24. The van der Waals surface area contributed by atoms with Crippen LogP contribution >= 0.6 is 0 Å². The number of nitrogens with one attached hydrogen (secondary N) is 1. The van der Waals surface area contributed by atoms with Gasteiger partial charge in [0.2, 0.25) is 5.91 Å². The second kappa shape index (κ2) is 6.31. The number of benzene rings is 1. The van der Waals surface area contributed by atoms with Crippen molar-refractivity contribution in [3.8, 4) is 0 Å². The van der Waals surface area contributed by atoms with Crippen LogP contribution in [0, 0.1) is 10.1 Å². The van der Waals surface area contributed by atoms with Gasteiger partial charge in [0, 0.05) is 18.7 Å². The lowest BCUT2D eigenvalue weighted by Crippen LogP contribution is -2.32. The van der Waals surface area contributed by atoms with E-state index < -0.39 is 17.1 Å². The molecule has 21 heavy (non-hydrogen) atoms. The van der Waals surface area contributed by atoms with E-state index in [1.54, 1.807) is 12.1 Å². The zero-order valence-corrected chi connectivity index (χ0v) is 11.4. The van der Waals surface area contributed by atoms with Gasteiger partial charge >= 0.3 is 5.97 Å². The maximum Gasteiger partial charge on any atom is 0.307 e. The lowest BCUT2D eigenvalue weighted by molar-refractivity contribution is -0.385. The van der Waals surface area contributed by atoms with Crippen LogP contribution in [0.2, 0.25) is 0 Å². The molecule has 112 valence electrons. The molecule has 1 aromatic carbocycles. The van der Waals surface area contributed by atoms with Gasteiger partial charge in [-0.1, -0.05) is 12.1 Å². The Kier molecular flexibility index (Phi) is 4.49. The molecule has 0 aromatic heterocycles. The predicted molar refractivity (Wildman–Crippen MR) is 72.2 cm³/mol. The molecular weight excluding hydrogens is 278 g/mol. The van der Waals surface area contributed by atoms with Gasteiger partial charge in [-0.3, -0.25) is 25.0 Å². The molecule has 1 aliphatic rings. The Morgan fingerprint density at radius 2 is 2.33 bits per heavy atom. The van der Waals surface area contributed by atoms with E-state index in [4.69, 9.17) is 0 Å².